The first-order valence-corrected chi connectivity index (χ1v) is 3.65. The van der Waals surface area contributed by atoms with Gasteiger partial charge in [-0.25, -0.2) is 4.79 Å². The van der Waals surface area contributed by atoms with Crippen molar-refractivity contribution in [1.29, 1.82) is 0 Å². The van der Waals surface area contributed by atoms with Gasteiger partial charge in [-0.05, 0) is 6.42 Å². The summed E-state index contributed by atoms with van der Waals surface area (Å²) in [7, 11) is 0. The van der Waals surface area contributed by atoms with Crippen LogP contribution in [0.5, 0.6) is 0 Å². The van der Waals surface area contributed by atoms with Crippen LogP contribution in [0.15, 0.2) is 0 Å². The molecular formula is C7H12KNO5. The Hall–Kier alpha value is 0.0464. The number of aliphatic carboxylic acids is 2. The number of carboxylic acids is 2. The molecule has 0 aliphatic carbocycles. The molecule has 1 amide bonds. The Morgan fingerprint density at radius 1 is 1.29 bits per heavy atom. The second kappa shape index (κ2) is 8.36. The summed E-state index contributed by atoms with van der Waals surface area (Å²) in [6.07, 6.45) is -0.387. The van der Waals surface area contributed by atoms with Crippen LogP contribution in [0.1, 0.15) is 19.8 Å². The maximum atomic E-state index is 10.5. The van der Waals surface area contributed by atoms with Gasteiger partial charge in [-0.3, -0.25) is 9.59 Å². The number of carbonyl (C=O) groups is 3. The molecule has 0 heterocycles. The van der Waals surface area contributed by atoms with Gasteiger partial charge in [-0.2, -0.15) is 0 Å². The van der Waals surface area contributed by atoms with E-state index in [9.17, 15) is 14.4 Å². The molecule has 14 heavy (non-hydrogen) atoms. The minimum atomic E-state index is -1.23. The van der Waals surface area contributed by atoms with Crippen molar-refractivity contribution >= 4 is 69.2 Å². The zero-order chi connectivity index (χ0) is 10.4. The molecular weight excluding hydrogens is 217 g/mol. The van der Waals surface area contributed by atoms with Crippen molar-refractivity contribution in [3.8, 4) is 0 Å². The first kappa shape index (κ1) is 16.5. The Labute approximate surface area is 123 Å². The van der Waals surface area contributed by atoms with Crippen molar-refractivity contribution in [1.82, 2.24) is 5.32 Å². The molecule has 76 valence electrons. The number of nitrogens with one attached hydrogen (secondary N) is 1. The molecule has 0 rings (SSSR count). The van der Waals surface area contributed by atoms with Gasteiger partial charge in [0.2, 0.25) is 5.91 Å². The summed E-state index contributed by atoms with van der Waals surface area (Å²) in [6, 6.07) is -1.12. The first-order chi connectivity index (χ1) is 5.93. The summed E-state index contributed by atoms with van der Waals surface area (Å²) >= 11 is 0. The van der Waals surface area contributed by atoms with Gasteiger partial charge in [0.05, 0.1) is 0 Å². The molecule has 0 saturated heterocycles. The van der Waals surface area contributed by atoms with E-state index >= 15 is 0 Å². The summed E-state index contributed by atoms with van der Waals surface area (Å²) in [4.78, 5) is 31.0. The van der Waals surface area contributed by atoms with Crippen LogP contribution in [-0.4, -0.2) is 85.5 Å². The molecule has 0 aliphatic heterocycles. The summed E-state index contributed by atoms with van der Waals surface area (Å²) in [6.45, 7) is 1.18. The number of carboxylic acid groups (broad SMARTS) is 2. The fourth-order valence-electron chi connectivity index (χ4n) is 0.771. The third kappa shape index (κ3) is 8.64. The van der Waals surface area contributed by atoms with E-state index in [4.69, 9.17) is 10.2 Å². The second-order valence-electron chi connectivity index (χ2n) is 2.52. The molecule has 0 spiro atoms. The van der Waals surface area contributed by atoms with Crippen LogP contribution in [0.3, 0.4) is 0 Å². The van der Waals surface area contributed by atoms with Crippen LogP contribution in [0.2, 0.25) is 0 Å². The van der Waals surface area contributed by atoms with Crippen LogP contribution in [0.4, 0.5) is 0 Å². The topological polar surface area (TPSA) is 104 Å². The molecule has 0 aromatic rings. The fourth-order valence-corrected chi connectivity index (χ4v) is 0.771. The van der Waals surface area contributed by atoms with Crippen LogP contribution in [-0.2, 0) is 14.4 Å². The Bertz CT molecular complexity index is 230. The van der Waals surface area contributed by atoms with Crippen LogP contribution in [0, 0.1) is 0 Å². The van der Waals surface area contributed by atoms with Crippen molar-refractivity contribution < 1.29 is 24.6 Å². The summed E-state index contributed by atoms with van der Waals surface area (Å²) in [5, 5.41) is 18.9. The Kier molecular flexibility index (Phi) is 9.84. The third-order valence-corrected chi connectivity index (χ3v) is 1.32. The van der Waals surface area contributed by atoms with E-state index < -0.39 is 23.9 Å². The molecule has 7 heteroatoms. The van der Waals surface area contributed by atoms with Crippen molar-refractivity contribution in [3.05, 3.63) is 0 Å². The minimum absolute atomic E-state index is 0. The van der Waals surface area contributed by atoms with Gasteiger partial charge >= 0.3 is 63.3 Å². The molecule has 0 aromatic carbocycles. The molecule has 0 aliphatic rings. The monoisotopic (exact) mass is 229 g/mol. The van der Waals surface area contributed by atoms with Gasteiger partial charge in [0, 0.05) is 13.3 Å². The van der Waals surface area contributed by atoms with Gasteiger partial charge in [-0.15, -0.1) is 0 Å². The van der Waals surface area contributed by atoms with Gasteiger partial charge in [0.1, 0.15) is 6.04 Å². The van der Waals surface area contributed by atoms with Crippen molar-refractivity contribution in [2.24, 2.45) is 0 Å². The van der Waals surface area contributed by atoms with Gasteiger partial charge in [0.25, 0.3) is 0 Å². The van der Waals surface area contributed by atoms with Crippen molar-refractivity contribution in [2.45, 2.75) is 25.8 Å². The molecule has 0 radical (unpaired) electrons. The molecule has 0 bridgehead atoms. The average molecular weight is 229 g/mol. The maximum absolute atomic E-state index is 10.5. The molecule has 0 saturated carbocycles. The molecule has 1 atom stereocenters. The average Bonchev–Trinajstić information content (AvgIpc) is 1.96. The normalized spacial score (nSPS) is 10.9. The first-order valence-electron chi connectivity index (χ1n) is 3.65. The predicted molar refractivity (Wildman–Crippen MR) is 49.3 cm³/mol. The zero-order valence-electron chi connectivity index (χ0n) is 7.11. The van der Waals surface area contributed by atoms with E-state index in [-0.39, 0.29) is 64.2 Å². The van der Waals surface area contributed by atoms with E-state index in [0.29, 0.717) is 0 Å². The standard InChI is InChI=1S/C7H11NO5.K.H/c1-4(9)8-5(7(12)13)2-3-6(10)11;;/h5H,2-3H2,1H3,(H,8,9)(H,10,11)(H,12,13);;/t5-;;/m1../s1. The second-order valence-corrected chi connectivity index (χ2v) is 2.52. The fraction of sp³-hybridized carbons (Fsp3) is 0.571. The van der Waals surface area contributed by atoms with Crippen molar-refractivity contribution in [3.63, 3.8) is 0 Å². The Balaban J connectivity index is 0. The van der Waals surface area contributed by atoms with Gasteiger partial charge in [-0.1, -0.05) is 0 Å². The molecule has 0 fully saturated rings. The SMILES string of the molecule is CC(=O)N[C@H](CCC(=O)O)C(=O)O.[KH]. The molecule has 0 aromatic heterocycles. The van der Waals surface area contributed by atoms with E-state index in [1.54, 1.807) is 0 Å². The van der Waals surface area contributed by atoms with E-state index in [1.165, 1.54) is 6.92 Å². The van der Waals surface area contributed by atoms with E-state index in [0.717, 1.165) is 0 Å². The van der Waals surface area contributed by atoms with Crippen LogP contribution < -0.4 is 5.32 Å². The summed E-state index contributed by atoms with van der Waals surface area (Å²) in [5.41, 5.74) is 0. The molecule has 0 unspecified atom stereocenters. The van der Waals surface area contributed by atoms with Crippen LogP contribution >= 0.6 is 0 Å². The Morgan fingerprint density at radius 2 is 1.79 bits per heavy atom. The zero-order valence-corrected chi connectivity index (χ0v) is 7.11. The van der Waals surface area contributed by atoms with Gasteiger partial charge in [0.15, 0.2) is 0 Å². The molecule has 6 nitrogen and oxygen atoms in total. The number of hydrogen-bond acceptors (Lipinski definition) is 3. The van der Waals surface area contributed by atoms with E-state index in [1.807, 2.05) is 0 Å². The van der Waals surface area contributed by atoms with Crippen molar-refractivity contribution in [2.75, 3.05) is 0 Å². The number of amides is 1. The van der Waals surface area contributed by atoms with Gasteiger partial charge < -0.3 is 15.5 Å². The predicted octanol–water partition coefficient (Wildman–Crippen LogP) is -1.21. The van der Waals surface area contributed by atoms with E-state index in [2.05, 4.69) is 5.32 Å². The quantitative estimate of drug-likeness (QED) is 0.513. The third-order valence-electron chi connectivity index (χ3n) is 1.32. The summed E-state index contributed by atoms with van der Waals surface area (Å²) in [5.74, 6) is -2.80. The summed E-state index contributed by atoms with van der Waals surface area (Å²) < 4.78 is 0. The number of carbonyl (C=O) groups excluding carboxylic acids is 1. The van der Waals surface area contributed by atoms with Crippen LogP contribution in [0.25, 0.3) is 0 Å². The number of rotatable bonds is 5. The Morgan fingerprint density at radius 3 is 2.07 bits per heavy atom. The number of hydrogen-bond donors (Lipinski definition) is 3. The molecule has 3 N–H and O–H groups in total.